The number of esters is 1. The van der Waals surface area contributed by atoms with Crippen molar-refractivity contribution in [1.82, 2.24) is 40.1 Å². The van der Waals surface area contributed by atoms with Gasteiger partial charge in [-0.05, 0) is 55.0 Å². The number of nitrogens with one attached hydrogen (secondary N) is 1. The van der Waals surface area contributed by atoms with Crippen molar-refractivity contribution >= 4 is 5.97 Å². The largest absolute Gasteiger partial charge is 0.490 e. The Morgan fingerprint density at radius 3 is 2.42 bits per heavy atom. The summed E-state index contributed by atoms with van der Waals surface area (Å²) >= 11 is 0. The van der Waals surface area contributed by atoms with Crippen LogP contribution < -0.4 is 10.3 Å². The SMILES string of the molecule is CCCCc1nc(C)n(-c2ncc(OCCCC(=O)OCC)cn2)c(=O)c1Cc1ccc(-c2ccccc2-c2nn[nH]n2)cc1. The molecule has 0 amide bonds. The van der Waals surface area contributed by atoms with Crippen molar-refractivity contribution in [3.63, 3.8) is 0 Å². The number of benzene rings is 2. The number of carbonyl (C=O) groups is 1. The van der Waals surface area contributed by atoms with Gasteiger partial charge in [-0.15, -0.1) is 10.2 Å². The van der Waals surface area contributed by atoms with Gasteiger partial charge in [-0.1, -0.05) is 61.9 Å². The second-order valence-corrected chi connectivity index (χ2v) is 10.5. The van der Waals surface area contributed by atoms with E-state index in [4.69, 9.17) is 14.5 Å². The van der Waals surface area contributed by atoms with Crippen LogP contribution in [0, 0.1) is 6.92 Å². The summed E-state index contributed by atoms with van der Waals surface area (Å²) in [5, 5.41) is 14.5. The number of carbonyl (C=O) groups excluding carboxylic acids is 1. The van der Waals surface area contributed by atoms with Crippen molar-refractivity contribution in [1.29, 1.82) is 0 Å². The van der Waals surface area contributed by atoms with Gasteiger partial charge in [0, 0.05) is 24.0 Å². The fraction of sp³-hybridized carbons (Fsp3) is 0.333. The van der Waals surface area contributed by atoms with Crippen LogP contribution in [0.3, 0.4) is 0 Å². The van der Waals surface area contributed by atoms with E-state index in [1.165, 1.54) is 17.0 Å². The first-order valence-corrected chi connectivity index (χ1v) is 15.1. The Kier molecular flexibility index (Phi) is 10.4. The Morgan fingerprint density at radius 1 is 0.978 bits per heavy atom. The number of nitrogens with zero attached hydrogens (tertiary/aromatic N) is 7. The molecule has 5 aromatic rings. The molecule has 45 heavy (non-hydrogen) atoms. The monoisotopic (exact) mass is 608 g/mol. The lowest BCUT2D eigenvalue weighted by Gasteiger charge is -2.15. The first-order valence-electron chi connectivity index (χ1n) is 15.1. The maximum atomic E-state index is 14.0. The van der Waals surface area contributed by atoms with Gasteiger partial charge in [-0.3, -0.25) is 9.59 Å². The number of aromatic nitrogens is 8. The summed E-state index contributed by atoms with van der Waals surface area (Å²) in [5.74, 6) is 1.46. The molecule has 0 atom stereocenters. The summed E-state index contributed by atoms with van der Waals surface area (Å²) in [6, 6.07) is 16.0. The molecule has 1 N–H and O–H groups in total. The number of hydrogen-bond acceptors (Lipinski definition) is 10. The molecule has 0 bridgehead atoms. The lowest BCUT2D eigenvalue weighted by Crippen LogP contribution is -2.29. The molecule has 0 saturated carbocycles. The van der Waals surface area contributed by atoms with Crippen molar-refractivity contribution < 1.29 is 14.3 Å². The van der Waals surface area contributed by atoms with E-state index in [-0.39, 0.29) is 23.9 Å². The van der Waals surface area contributed by atoms with Crippen LogP contribution in [0.4, 0.5) is 0 Å². The Labute approximate surface area is 260 Å². The number of tetrazole rings is 1. The zero-order chi connectivity index (χ0) is 31.6. The van der Waals surface area contributed by atoms with Gasteiger partial charge in [0.1, 0.15) is 5.82 Å². The summed E-state index contributed by atoms with van der Waals surface area (Å²) < 4.78 is 12.1. The first-order chi connectivity index (χ1) is 22.0. The lowest BCUT2D eigenvalue weighted by atomic mass is 9.96. The predicted octanol–water partition coefficient (Wildman–Crippen LogP) is 4.83. The van der Waals surface area contributed by atoms with Crippen LogP contribution in [0.2, 0.25) is 0 Å². The second kappa shape index (κ2) is 15.0. The minimum atomic E-state index is -0.255. The highest BCUT2D eigenvalue weighted by molar-refractivity contribution is 5.80. The number of rotatable bonds is 14. The van der Waals surface area contributed by atoms with Crippen LogP contribution in [0.1, 0.15) is 62.2 Å². The van der Waals surface area contributed by atoms with E-state index in [2.05, 4.69) is 37.5 Å². The molecule has 232 valence electrons. The molecule has 0 aliphatic carbocycles. The predicted molar refractivity (Wildman–Crippen MR) is 168 cm³/mol. The van der Waals surface area contributed by atoms with Gasteiger partial charge in [0.05, 0.1) is 31.3 Å². The highest BCUT2D eigenvalue weighted by Crippen LogP contribution is 2.30. The number of aryl methyl sites for hydroxylation is 2. The maximum Gasteiger partial charge on any atom is 0.305 e. The van der Waals surface area contributed by atoms with Gasteiger partial charge in [-0.25, -0.2) is 19.5 Å². The number of H-pyrrole nitrogens is 1. The van der Waals surface area contributed by atoms with Gasteiger partial charge in [-0.2, -0.15) is 5.21 Å². The molecule has 5 rings (SSSR count). The van der Waals surface area contributed by atoms with Crippen LogP contribution >= 0.6 is 0 Å². The third-order valence-corrected chi connectivity index (χ3v) is 7.27. The normalized spacial score (nSPS) is 11.0. The summed E-state index contributed by atoms with van der Waals surface area (Å²) in [4.78, 5) is 39.2. The minimum Gasteiger partial charge on any atom is -0.490 e. The van der Waals surface area contributed by atoms with E-state index in [0.29, 0.717) is 55.4 Å². The molecule has 0 saturated heterocycles. The quantitative estimate of drug-likeness (QED) is 0.137. The summed E-state index contributed by atoms with van der Waals surface area (Å²) in [6.07, 6.45) is 6.87. The number of hydrogen-bond donors (Lipinski definition) is 1. The van der Waals surface area contributed by atoms with Gasteiger partial charge in [0.15, 0.2) is 5.75 Å². The maximum absolute atomic E-state index is 14.0. The lowest BCUT2D eigenvalue weighted by molar-refractivity contribution is -0.143. The van der Waals surface area contributed by atoms with Gasteiger partial charge >= 0.3 is 5.97 Å². The number of unbranched alkanes of at least 4 members (excludes halogenated alkanes) is 1. The summed E-state index contributed by atoms with van der Waals surface area (Å²) in [5.41, 5.74) is 5.07. The van der Waals surface area contributed by atoms with Crippen molar-refractivity contribution in [3.05, 3.63) is 93.9 Å². The van der Waals surface area contributed by atoms with Crippen LogP contribution in [0.25, 0.3) is 28.5 Å². The number of aromatic amines is 1. The third-order valence-electron chi connectivity index (χ3n) is 7.27. The van der Waals surface area contributed by atoms with Crippen molar-refractivity contribution in [2.45, 2.75) is 59.3 Å². The van der Waals surface area contributed by atoms with E-state index >= 15 is 0 Å². The van der Waals surface area contributed by atoms with Gasteiger partial charge in [0.2, 0.25) is 11.8 Å². The topological polar surface area (TPSA) is 151 Å². The fourth-order valence-electron chi connectivity index (χ4n) is 5.03. The number of ether oxygens (including phenoxy) is 2. The Balaban J connectivity index is 1.38. The second-order valence-electron chi connectivity index (χ2n) is 10.5. The fourth-order valence-corrected chi connectivity index (χ4v) is 5.03. The highest BCUT2D eigenvalue weighted by Gasteiger charge is 2.18. The third kappa shape index (κ3) is 7.64. The van der Waals surface area contributed by atoms with E-state index < -0.39 is 0 Å². The molecule has 3 aromatic heterocycles. The Hall–Kier alpha value is -5.26. The molecular formula is C33H36N8O4. The standard InChI is InChI=1S/C33H36N8O4/c1-4-6-12-29-28(19-23-14-16-24(17-15-23)26-10-7-8-11-27(26)31-37-39-40-38-31)32(43)41(22(3)36-29)33-34-20-25(21-35-33)45-18-9-13-30(42)44-5-2/h7-8,10-11,14-17,20-21H,4-6,9,12-13,18-19H2,1-3H3,(H,37,38,39,40). The average Bonchev–Trinajstić information content (AvgIpc) is 3.60. The van der Waals surface area contributed by atoms with E-state index in [9.17, 15) is 9.59 Å². The zero-order valence-electron chi connectivity index (χ0n) is 25.7. The summed E-state index contributed by atoms with van der Waals surface area (Å²) in [7, 11) is 0. The van der Waals surface area contributed by atoms with Crippen molar-refractivity contribution in [2.75, 3.05) is 13.2 Å². The smallest absolute Gasteiger partial charge is 0.305 e. The molecule has 0 radical (unpaired) electrons. The van der Waals surface area contributed by atoms with Gasteiger partial charge < -0.3 is 9.47 Å². The molecule has 0 aliphatic heterocycles. The van der Waals surface area contributed by atoms with Crippen molar-refractivity contribution in [3.8, 4) is 34.2 Å². The van der Waals surface area contributed by atoms with Crippen LogP contribution in [-0.4, -0.2) is 59.3 Å². The van der Waals surface area contributed by atoms with Crippen LogP contribution in [0.15, 0.2) is 65.7 Å². The van der Waals surface area contributed by atoms with E-state index in [1.54, 1.807) is 13.8 Å². The molecule has 0 aliphatic rings. The molecule has 12 heteroatoms. The average molecular weight is 609 g/mol. The summed E-state index contributed by atoms with van der Waals surface area (Å²) in [6.45, 7) is 6.36. The first kappa shape index (κ1) is 31.2. The molecule has 3 heterocycles. The van der Waals surface area contributed by atoms with E-state index in [0.717, 1.165) is 40.8 Å². The van der Waals surface area contributed by atoms with E-state index in [1.807, 2.05) is 48.5 Å². The van der Waals surface area contributed by atoms with Gasteiger partial charge in [0.25, 0.3) is 5.56 Å². The zero-order valence-corrected chi connectivity index (χ0v) is 25.7. The van der Waals surface area contributed by atoms with Crippen LogP contribution in [-0.2, 0) is 22.4 Å². The molecule has 0 unspecified atom stereocenters. The van der Waals surface area contributed by atoms with Crippen LogP contribution in [0.5, 0.6) is 5.75 Å². The molecular weight excluding hydrogens is 572 g/mol. The Morgan fingerprint density at radius 2 is 1.73 bits per heavy atom. The molecule has 2 aromatic carbocycles. The molecule has 0 spiro atoms. The molecule has 12 nitrogen and oxygen atoms in total. The minimum absolute atomic E-state index is 0.191. The molecule has 0 fully saturated rings. The van der Waals surface area contributed by atoms with Crippen molar-refractivity contribution in [2.24, 2.45) is 0 Å². The Bertz CT molecular complexity index is 1770. The highest BCUT2D eigenvalue weighted by atomic mass is 16.5.